The molecule has 3 aromatic rings. The SMILES string of the molecule is COCCn1c(=O)[nH]c2cc(C(=O)N3CCN(c4ccc(F)cc4)CC3)ccc2c1=O. The van der Waals surface area contributed by atoms with E-state index in [9.17, 15) is 18.8 Å². The van der Waals surface area contributed by atoms with Gasteiger partial charge in [-0.15, -0.1) is 0 Å². The molecule has 0 aliphatic carbocycles. The van der Waals surface area contributed by atoms with Gasteiger partial charge in [0.05, 0.1) is 24.1 Å². The van der Waals surface area contributed by atoms with Crippen molar-refractivity contribution in [3.05, 3.63) is 74.7 Å². The number of halogens is 1. The van der Waals surface area contributed by atoms with Crippen molar-refractivity contribution in [2.24, 2.45) is 0 Å². The van der Waals surface area contributed by atoms with E-state index in [-0.39, 0.29) is 24.9 Å². The van der Waals surface area contributed by atoms with Crippen LogP contribution in [-0.4, -0.2) is 60.3 Å². The number of fused-ring (bicyclic) bond motifs is 1. The molecule has 0 radical (unpaired) electrons. The fourth-order valence-electron chi connectivity index (χ4n) is 3.78. The Kier molecular flexibility index (Phi) is 5.85. The quantitative estimate of drug-likeness (QED) is 0.667. The molecule has 1 aliphatic heterocycles. The number of hydrogen-bond acceptors (Lipinski definition) is 5. The van der Waals surface area contributed by atoms with Crippen LogP contribution in [0.1, 0.15) is 10.4 Å². The maximum atomic E-state index is 13.1. The van der Waals surface area contributed by atoms with Crippen LogP contribution in [0, 0.1) is 5.82 Å². The van der Waals surface area contributed by atoms with Crippen LogP contribution < -0.4 is 16.1 Å². The molecule has 31 heavy (non-hydrogen) atoms. The molecular weight excluding hydrogens is 403 g/mol. The third-order valence-corrected chi connectivity index (χ3v) is 5.51. The highest BCUT2D eigenvalue weighted by Crippen LogP contribution is 2.18. The molecule has 1 N–H and O–H groups in total. The molecule has 1 aliphatic rings. The van der Waals surface area contributed by atoms with Crippen molar-refractivity contribution in [1.82, 2.24) is 14.5 Å². The van der Waals surface area contributed by atoms with Crippen molar-refractivity contribution in [3.8, 4) is 0 Å². The van der Waals surface area contributed by atoms with Gasteiger partial charge in [0.1, 0.15) is 5.82 Å². The number of aromatic nitrogens is 2. The number of benzene rings is 2. The molecule has 2 heterocycles. The molecule has 0 spiro atoms. The molecule has 8 nitrogen and oxygen atoms in total. The number of carbonyl (C=O) groups excluding carboxylic acids is 1. The molecule has 1 saturated heterocycles. The number of aromatic amines is 1. The molecule has 9 heteroatoms. The van der Waals surface area contributed by atoms with Crippen LogP contribution >= 0.6 is 0 Å². The number of anilines is 1. The van der Waals surface area contributed by atoms with E-state index in [1.54, 1.807) is 35.2 Å². The predicted octanol–water partition coefficient (Wildman–Crippen LogP) is 1.44. The van der Waals surface area contributed by atoms with E-state index in [0.717, 1.165) is 10.3 Å². The van der Waals surface area contributed by atoms with E-state index < -0.39 is 11.2 Å². The summed E-state index contributed by atoms with van der Waals surface area (Å²) in [5.74, 6) is -0.442. The zero-order valence-electron chi connectivity index (χ0n) is 17.1. The Bertz CT molecular complexity index is 1210. The van der Waals surface area contributed by atoms with Crippen LogP contribution in [0.2, 0.25) is 0 Å². The van der Waals surface area contributed by atoms with E-state index in [2.05, 4.69) is 9.88 Å². The maximum absolute atomic E-state index is 13.1. The highest BCUT2D eigenvalue weighted by molar-refractivity contribution is 5.97. The van der Waals surface area contributed by atoms with Crippen LogP contribution in [0.25, 0.3) is 10.9 Å². The Hall–Kier alpha value is -3.46. The average Bonchev–Trinajstić information content (AvgIpc) is 2.79. The van der Waals surface area contributed by atoms with Gasteiger partial charge in [-0.2, -0.15) is 0 Å². The third-order valence-electron chi connectivity index (χ3n) is 5.51. The molecule has 1 amide bonds. The van der Waals surface area contributed by atoms with E-state index in [0.29, 0.717) is 42.6 Å². The third kappa shape index (κ3) is 4.22. The second kappa shape index (κ2) is 8.73. The maximum Gasteiger partial charge on any atom is 0.328 e. The number of hydrogen-bond donors (Lipinski definition) is 1. The molecule has 0 unspecified atom stereocenters. The largest absolute Gasteiger partial charge is 0.383 e. The molecular formula is C22H23FN4O4. The van der Waals surface area contributed by atoms with Gasteiger partial charge in [-0.1, -0.05) is 0 Å². The Morgan fingerprint density at radius 3 is 2.45 bits per heavy atom. The fraction of sp³-hybridized carbons (Fsp3) is 0.318. The summed E-state index contributed by atoms with van der Waals surface area (Å²) in [7, 11) is 1.50. The highest BCUT2D eigenvalue weighted by atomic mass is 19.1. The minimum Gasteiger partial charge on any atom is -0.383 e. The van der Waals surface area contributed by atoms with E-state index in [1.165, 1.54) is 19.2 Å². The summed E-state index contributed by atoms with van der Waals surface area (Å²) in [6.45, 7) is 2.69. The van der Waals surface area contributed by atoms with Gasteiger partial charge in [0.25, 0.3) is 11.5 Å². The van der Waals surface area contributed by atoms with Crippen molar-refractivity contribution in [2.75, 3.05) is 44.8 Å². The number of nitrogens with zero attached hydrogens (tertiary/aromatic N) is 3. The lowest BCUT2D eigenvalue weighted by Gasteiger charge is -2.36. The summed E-state index contributed by atoms with van der Waals surface area (Å²) >= 11 is 0. The van der Waals surface area contributed by atoms with Crippen LogP contribution in [0.15, 0.2) is 52.1 Å². The summed E-state index contributed by atoms with van der Waals surface area (Å²) < 4.78 is 19.2. The van der Waals surface area contributed by atoms with E-state index in [1.807, 2.05) is 0 Å². The minimum atomic E-state index is -0.535. The van der Waals surface area contributed by atoms with Crippen molar-refractivity contribution in [2.45, 2.75) is 6.54 Å². The first kappa shape index (κ1) is 20.8. The smallest absolute Gasteiger partial charge is 0.328 e. The van der Waals surface area contributed by atoms with Gasteiger partial charge in [-0.05, 0) is 42.5 Å². The number of H-pyrrole nitrogens is 1. The van der Waals surface area contributed by atoms with Gasteiger partial charge in [0, 0.05) is 44.5 Å². The number of amides is 1. The van der Waals surface area contributed by atoms with E-state index >= 15 is 0 Å². The van der Waals surface area contributed by atoms with Crippen LogP contribution in [-0.2, 0) is 11.3 Å². The zero-order chi connectivity index (χ0) is 22.0. The second-order valence-electron chi connectivity index (χ2n) is 7.40. The summed E-state index contributed by atoms with van der Waals surface area (Å²) in [4.78, 5) is 44.3. The molecule has 0 bridgehead atoms. The molecule has 0 saturated carbocycles. The Morgan fingerprint density at radius 2 is 1.77 bits per heavy atom. The number of rotatable bonds is 5. The lowest BCUT2D eigenvalue weighted by atomic mass is 10.1. The predicted molar refractivity (Wildman–Crippen MR) is 115 cm³/mol. The lowest BCUT2D eigenvalue weighted by Crippen LogP contribution is -2.48. The average molecular weight is 426 g/mol. The van der Waals surface area contributed by atoms with Gasteiger partial charge < -0.3 is 19.5 Å². The number of piperazine rings is 1. The van der Waals surface area contributed by atoms with Gasteiger partial charge in [0.2, 0.25) is 0 Å². The first-order valence-corrected chi connectivity index (χ1v) is 10.0. The Balaban J connectivity index is 1.51. The Morgan fingerprint density at radius 1 is 1.06 bits per heavy atom. The highest BCUT2D eigenvalue weighted by Gasteiger charge is 2.23. The van der Waals surface area contributed by atoms with E-state index in [4.69, 9.17) is 4.74 Å². The van der Waals surface area contributed by atoms with Gasteiger partial charge in [-0.25, -0.2) is 9.18 Å². The van der Waals surface area contributed by atoms with Gasteiger partial charge in [0.15, 0.2) is 0 Å². The van der Waals surface area contributed by atoms with Gasteiger partial charge in [-0.3, -0.25) is 14.2 Å². The van der Waals surface area contributed by atoms with Crippen LogP contribution in [0.5, 0.6) is 0 Å². The molecule has 1 aromatic heterocycles. The summed E-state index contributed by atoms with van der Waals surface area (Å²) in [5.41, 5.74) is 0.711. The van der Waals surface area contributed by atoms with Crippen molar-refractivity contribution in [1.29, 1.82) is 0 Å². The molecule has 4 rings (SSSR count). The molecule has 2 aromatic carbocycles. The number of ether oxygens (including phenoxy) is 1. The van der Waals surface area contributed by atoms with Crippen molar-refractivity contribution < 1.29 is 13.9 Å². The van der Waals surface area contributed by atoms with Crippen molar-refractivity contribution >= 4 is 22.5 Å². The number of nitrogens with one attached hydrogen (secondary N) is 1. The Labute approximate surface area is 177 Å². The molecule has 0 atom stereocenters. The summed E-state index contributed by atoms with van der Waals surface area (Å²) in [6, 6.07) is 11.0. The van der Waals surface area contributed by atoms with Crippen LogP contribution in [0.3, 0.4) is 0 Å². The lowest BCUT2D eigenvalue weighted by molar-refractivity contribution is 0.0747. The first-order chi connectivity index (χ1) is 15.0. The normalized spacial score (nSPS) is 14.3. The molecule has 1 fully saturated rings. The summed E-state index contributed by atoms with van der Waals surface area (Å²) in [5, 5.41) is 0.341. The zero-order valence-corrected chi connectivity index (χ0v) is 17.1. The monoisotopic (exact) mass is 426 g/mol. The minimum absolute atomic E-state index is 0.152. The fourth-order valence-corrected chi connectivity index (χ4v) is 3.78. The molecule has 162 valence electrons. The van der Waals surface area contributed by atoms with Crippen molar-refractivity contribution in [3.63, 3.8) is 0 Å². The standard InChI is InChI=1S/C22H23FN4O4/c1-31-13-12-27-21(29)18-7-2-15(14-19(18)24-22(27)30)20(28)26-10-8-25(9-11-26)17-5-3-16(23)4-6-17/h2-7,14H,8-13H2,1H3,(H,24,30). The van der Waals surface area contributed by atoms with Crippen LogP contribution in [0.4, 0.5) is 10.1 Å². The number of methoxy groups -OCH3 is 1. The summed E-state index contributed by atoms with van der Waals surface area (Å²) in [6.07, 6.45) is 0. The topological polar surface area (TPSA) is 87.6 Å². The second-order valence-corrected chi connectivity index (χ2v) is 7.40. The first-order valence-electron chi connectivity index (χ1n) is 10.0. The number of carbonyl (C=O) groups is 1. The van der Waals surface area contributed by atoms with Gasteiger partial charge >= 0.3 is 5.69 Å².